The Morgan fingerprint density at radius 1 is 1.53 bits per heavy atom. The number of nitrogens with zero attached hydrogens (tertiary/aromatic N) is 2. The van der Waals surface area contributed by atoms with Crippen LogP contribution in [0.15, 0.2) is 23.8 Å². The summed E-state index contributed by atoms with van der Waals surface area (Å²) in [6.07, 6.45) is 1.43. The summed E-state index contributed by atoms with van der Waals surface area (Å²) in [6, 6.07) is 7.21. The fraction of sp³-hybridized carbons (Fsp3) is 0.286. The highest BCUT2D eigenvalue weighted by Gasteiger charge is 2.11. The number of halogens is 1. The molecule has 0 fully saturated rings. The molecule has 19 heavy (non-hydrogen) atoms. The van der Waals surface area contributed by atoms with E-state index in [4.69, 9.17) is 21.6 Å². The minimum atomic E-state index is -0.641. The molecular formula is C14H15ClN2O2. The summed E-state index contributed by atoms with van der Waals surface area (Å²) in [6.45, 7) is 1.91. The van der Waals surface area contributed by atoms with Gasteiger partial charge in [0.25, 0.3) is 0 Å². The number of carbonyl (C=O) groups is 1. The zero-order chi connectivity index (χ0) is 14.4. The highest BCUT2D eigenvalue weighted by atomic mass is 35.5. The van der Waals surface area contributed by atoms with Crippen molar-refractivity contribution < 1.29 is 9.53 Å². The average molecular weight is 279 g/mol. The maximum atomic E-state index is 11.5. The number of hydrogen-bond acceptors (Lipinski definition) is 4. The predicted octanol–water partition coefficient (Wildman–Crippen LogP) is 2.88. The second-order valence-electron chi connectivity index (χ2n) is 3.99. The van der Waals surface area contributed by atoms with Crippen molar-refractivity contribution in [1.29, 1.82) is 5.26 Å². The largest absolute Gasteiger partial charge is 0.462 e. The molecule has 0 aliphatic rings. The number of rotatable bonds is 4. The number of ether oxygens (including phenoxy) is 1. The number of esters is 1. The molecule has 0 radical (unpaired) electrons. The molecule has 0 aliphatic carbocycles. The fourth-order valence-corrected chi connectivity index (χ4v) is 1.64. The van der Waals surface area contributed by atoms with Gasteiger partial charge in [0.1, 0.15) is 11.6 Å². The third-order valence-electron chi connectivity index (χ3n) is 2.42. The molecule has 100 valence electrons. The Labute approximate surface area is 117 Å². The normalized spacial score (nSPS) is 10.8. The van der Waals surface area contributed by atoms with Gasteiger partial charge in [-0.05, 0) is 30.7 Å². The van der Waals surface area contributed by atoms with Gasteiger partial charge >= 0.3 is 5.97 Å². The van der Waals surface area contributed by atoms with E-state index in [1.807, 2.05) is 31.1 Å². The third kappa shape index (κ3) is 4.01. The Morgan fingerprint density at radius 2 is 2.21 bits per heavy atom. The zero-order valence-electron chi connectivity index (χ0n) is 11.1. The number of benzene rings is 1. The summed E-state index contributed by atoms with van der Waals surface area (Å²) in [4.78, 5) is 13.4. The van der Waals surface area contributed by atoms with Gasteiger partial charge in [0.15, 0.2) is 0 Å². The van der Waals surface area contributed by atoms with Crippen LogP contribution in [0.5, 0.6) is 0 Å². The molecular weight excluding hydrogens is 264 g/mol. The van der Waals surface area contributed by atoms with Crippen molar-refractivity contribution in [3.8, 4) is 6.07 Å². The van der Waals surface area contributed by atoms with Gasteiger partial charge in [-0.15, -0.1) is 0 Å². The van der Waals surface area contributed by atoms with Gasteiger partial charge in [0.2, 0.25) is 0 Å². The van der Waals surface area contributed by atoms with E-state index in [0.717, 1.165) is 5.69 Å². The first-order valence-corrected chi connectivity index (χ1v) is 6.13. The number of carbonyl (C=O) groups excluding carboxylic acids is 1. The standard InChI is InChI=1S/C14H15ClN2O2/c1-4-19-14(18)11(9-16)7-10-5-6-12(17(2)3)8-13(10)15/h5-8H,4H2,1-3H3/b11-7-. The zero-order valence-corrected chi connectivity index (χ0v) is 11.9. The Morgan fingerprint density at radius 3 is 2.68 bits per heavy atom. The Bertz CT molecular complexity index is 545. The van der Waals surface area contributed by atoms with Crippen molar-refractivity contribution in [3.63, 3.8) is 0 Å². The van der Waals surface area contributed by atoms with Gasteiger partial charge in [0, 0.05) is 24.8 Å². The number of anilines is 1. The van der Waals surface area contributed by atoms with Crippen LogP contribution >= 0.6 is 11.6 Å². The number of hydrogen-bond donors (Lipinski definition) is 0. The molecule has 0 bridgehead atoms. The van der Waals surface area contributed by atoms with Gasteiger partial charge in [-0.2, -0.15) is 5.26 Å². The summed E-state index contributed by atoms with van der Waals surface area (Å²) >= 11 is 6.12. The molecule has 0 unspecified atom stereocenters. The van der Waals surface area contributed by atoms with Gasteiger partial charge in [-0.3, -0.25) is 0 Å². The molecule has 0 saturated heterocycles. The molecule has 0 heterocycles. The van der Waals surface area contributed by atoms with E-state index in [1.165, 1.54) is 6.08 Å². The van der Waals surface area contributed by atoms with Crippen molar-refractivity contribution >= 4 is 29.3 Å². The van der Waals surface area contributed by atoms with Crippen LogP contribution in [0.2, 0.25) is 5.02 Å². The van der Waals surface area contributed by atoms with Crippen LogP contribution < -0.4 is 4.90 Å². The van der Waals surface area contributed by atoms with Gasteiger partial charge < -0.3 is 9.64 Å². The summed E-state index contributed by atoms with van der Waals surface area (Å²) in [7, 11) is 3.81. The second kappa shape index (κ2) is 6.81. The van der Waals surface area contributed by atoms with Crippen LogP contribution in [0, 0.1) is 11.3 Å². The maximum absolute atomic E-state index is 11.5. The van der Waals surface area contributed by atoms with E-state index < -0.39 is 5.97 Å². The van der Waals surface area contributed by atoms with E-state index in [2.05, 4.69) is 0 Å². The summed E-state index contributed by atoms with van der Waals surface area (Å²) in [5, 5.41) is 9.42. The highest BCUT2D eigenvalue weighted by Crippen LogP contribution is 2.24. The van der Waals surface area contributed by atoms with E-state index >= 15 is 0 Å². The van der Waals surface area contributed by atoms with Crippen molar-refractivity contribution in [1.82, 2.24) is 0 Å². The summed E-state index contributed by atoms with van der Waals surface area (Å²) in [5.41, 5.74) is 1.48. The van der Waals surface area contributed by atoms with Crippen LogP contribution in [-0.2, 0) is 9.53 Å². The van der Waals surface area contributed by atoms with Crippen LogP contribution in [0.3, 0.4) is 0 Å². The minimum Gasteiger partial charge on any atom is -0.462 e. The lowest BCUT2D eigenvalue weighted by molar-refractivity contribution is -0.137. The monoisotopic (exact) mass is 278 g/mol. The molecule has 0 aromatic heterocycles. The summed E-state index contributed by atoms with van der Waals surface area (Å²) in [5.74, 6) is -0.641. The van der Waals surface area contributed by atoms with E-state index in [9.17, 15) is 4.79 Å². The van der Waals surface area contributed by atoms with Crippen LogP contribution in [0.4, 0.5) is 5.69 Å². The van der Waals surface area contributed by atoms with E-state index in [0.29, 0.717) is 10.6 Å². The topological polar surface area (TPSA) is 53.3 Å². The van der Waals surface area contributed by atoms with Crippen LogP contribution in [0.25, 0.3) is 6.08 Å². The molecule has 0 amide bonds. The smallest absolute Gasteiger partial charge is 0.348 e. The SMILES string of the molecule is CCOC(=O)/C(C#N)=C\c1ccc(N(C)C)cc1Cl. The number of nitriles is 1. The second-order valence-corrected chi connectivity index (χ2v) is 4.40. The highest BCUT2D eigenvalue weighted by molar-refractivity contribution is 6.32. The minimum absolute atomic E-state index is 0.0682. The molecule has 0 N–H and O–H groups in total. The van der Waals surface area contributed by atoms with Crippen molar-refractivity contribution in [3.05, 3.63) is 34.4 Å². The maximum Gasteiger partial charge on any atom is 0.348 e. The lowest BCUT2D eigenvalue weighted by atomic mass is 10.1. The van der Waals surface area contributed by atoms with Crippen molar-refractivity contribution in [2.75, 3.05) is 25.6 Å². The molecule has 5 heteroatoms. The first kappa shape index (κ1) is 15.1. The lowest BCUT2D eigenvalue weighted by Gasteiger charge is -2.13. The Hall–Kier alpha value is -1.99. The molecule has 0 aliphatic heterocycles. The van der Waals surface area contributed by atoms with Gasteiger partial charge in [-0.25, -0.2) is 4.79 Å². The molecule has 0 atom stereocenters. The van der Waals surface area contributed by atoms with Crippen LogP contribution in [-0.4, -0.2) is 26.7 Å². The van der Waals surface area contributed by atoms with E-state index in [1.54, 1.807) is 19.1 Å². The molecule has 1 rings (SSSR count). The van der Waals surface area contributed by atoms with Crippen molar-refractivity contribution in [2.24, 2.45) is 0 Å². The van der Waals surface area contributed by atoms with E-state index in [-0.39, 0.29) is 12.2 Å². The quantitative estimate of drug-likeness (QED) is 0.483. The lowest BCUT2D eigenvalue weighted by Crippen LogP contribution is -2.08. The first-order chi connectivity index (χ1) is 8.99. The van der Waals surface area contributed by atoms with Crippen molar-refractivity contribution in [2.45, 2.75) is 6.92 Å². The molecule has 1 aromatic rings. The molecule has 0 spiro atoms. The molecule has 1 aromatic carbocycles. The predicted molar refractivity (Wildman–Crippen MR) is 76.0 cm³/mol. The first-order valence-electron chi connectivity index (χ1n) is 5.75. The summed E-state index contributed by atoms with van der Waals surface area (Å²) < 4.78 is 4.79. The van der Waals surface area contributed by atoms with Gasteiger partial charge in [0.05, 0.1) is 6.61 Å². The molecule has 0 saturated carbocycles. The third-order valence-corrected chi connectivity index (χ3v) is 2.74. The fourth-order valence-electron chi connectivity index (χ4n) is 1.41. The van der Waals surface area contributed by atoms with Crippen LogP contribution in [0.1, 0.15) is 12.5 Å². The van der Waals surface area contributed by atoms with Gasteiger partial charge in [-0.1, -0.05) is 17.7 Å². The Kier molecular flexibility index (Phi) is 5.40. The molecule has 4 nitrogen and oxygen atoms in total. The Balaban J connectivity index is 3.10. The average Bonchev–Trinajstić information content (AvgIpc) is 2.37.